The number of aromatic nitrogens is 3. The van der Waals surface area contributed by atoms with E-state index in [2.05, 4.69) is 28.2 Å². The molecule has 2 aromatic carbocycles. The molecular weight excluding hydrogens is 458 g/mol. The van der Waals surface area contributed by atoms with Crippen LogP contribution in [0.4, 0.5) is 11.5 Å². The minimum atomic E-state index is -0.128. The first kappa shape index (κ1) is 23.5. The fourth-order valence-electron chi connectivity index (χ4n) is 4.70. The van der Waals surface area contributed by atoms with Crippen molar-refractivity contribution in [3.63, 3.8) is 0 Å². The first-order valence-electron chi connectivity index (χ1n) is 11.9. The van der Waals surface area contributed by atoms with Crippen LogP contribution in [0.5, 0.6) is 11.5 Å². The maximum Gasteiger partial charge on any atom is 0.229 e. The third kappa shape index (κ3) is 4.39. The van der Waals surface area contributed by atoms with Crippen LogP contribution >= 0.6 is 0 Å². The minimum absolute atomic E-state index is 0.0483. The molecule has 186 valence electrons. The number of hydrogen-bond acceptors (Lipinski definition) is 5. The number of amides is 2. The van der Waals surface area contributed by atoms with Crippen molar-refractivity contribution >= 4 is 34.2 Å². The van der Waals surface area contributed by atoms with Crippen LogP contribution in [0.15, 0.2) is 54.7 Å². The number of carbonyl (C=O) groups excluding carboxylic acids is 2. The van der Waals surface area contributed by atoms with Crippen molar-refractivity contribution in [2.24, 2.45) is 7.05 Å². The summed E-state index contributed by atoms with van der Waals surface area (Å²) in [4.78, 5) is 27.1. The van der Waals surface area contributed by atoms with Gasteiger partial charge in [0.15, 0.2) is 11.5 Å². The highest BCUT2D eigenvalue weighted by Gasteiger charge is 2.27. The van der Waals surface area contributed by atoms with E-state index in [0.717, 1.165) is 28.0 Å². The normalized spacial score (nSPS) is 13.1. The SMILES string of the molecule is COc1ccc(NC(=O)CCCN2C(=O)CCn3nc(-c4cn(C)c5ccccc45)cc32)cc1OC. The second kappa shape index (κ2) is 9.77. The van der Waals surface area contributed by atoms with Crippen molar-refractivity contribution in [2.45, 2.75) is 25.8 Å². The van der Waals surface area contributed by atoms with Crippen molar-refractivity contribution in [2.75, 3.05) is 31.0 Å². The van der Waals surface area contributed by atoms with Crippen LogP contribution in [0.3, 0.4) is 0 Å². The zero-order valence-corrected chi connectivity index (χ0v) is 20.7. The Balaban J connectivity index is 1.27. The average molecular weight is 488 g/mol. The molecule has 9 heteroatoms. The Morgan fingerprint density at radius 2 is 1.89 bits per heavy atom. The van der Waals surface area contributed by atoms with E-state index in [4.69, 9.17) is 14.6 Å². The number of rotatable bonds is 8. The summed E-state index contributed by atoms with van der Waals surface area (Å²) in [7, 11) is 5.13. The van der Waals surface area contributed by atoms with Gasteiger partial charge in [-0.1, -0.05) is 18.2 Å². The van der Waals surface area contributed by atoms with E-state index in [-0.39, 0.29) is 18.2 Å². The number of aryl methyl sites for hydroxylation is 2. The Morgan fingerprint density at radius 1 is 1.08 bits per heavy atom. The molecule has 0 saturated heterocycles. The number of hydrogen-bond donors (Lipinski definition) is 1. The van der Waals surface area contributed by atoms with Gasteiger partial charge < -0.3 is 19.4 Å². The van der Waals surface area contributed by atoms with Crippen molar-refractivity contribution in [1.82, 2.24) is 14.3 Å². The fourth-order valence-corrected chi connectivity index (χ4v) is 4.70. The minimum Gasteiger partial charge on any atom is -0.493 e. The predicted molar refractivity (Wildman–Crippen MR) is 139 cm³/mol. The molecule has 0 fully saturated rings. The standard InChI is InChI=1S/C27H29N5O4/c1-30-17-20(19-7-4-5-8-22(19)30)21-16-26-31(27(34)12-14-32(26)29-21)13-6-9-25(33)28-18-10-11-23(35-2)24(15-18)36-3/h4-5,7-8,10-11,15-17H,6,9,12-14H2,1-3H3,(H,28,33). The molecule has 0 spiro atoms. The van der Waals surface area contributed by atoms with E-state index in [1.165, 1.54) is 0 Å². The molecule has 0 radical (unpaired) electrons. The van der Waals surface area contributed by atoms with Gasteiger partial charge in [0.25, 0.3) is 0 Å². The van der Waals surface area contributed by atoms with E-state index < -0.39 is 0 Å². The van der Waals surface area contributed by atoms with Crippen LogP contribution in [-0.2, 0) is 23.2 Å². The third-order valence-electron chi connectivity index (χ3n) is 6.50. The molecule has 1 aliphatic rings. The number of methoxy groups -OCH3 is 2. The Hall–Kier alpha value is -4.27. The average Bonchev–Trinajstić information content (AvgIpc) is 3.46. The summed E-state index contributed by atoms with van der Waals surface area (Å²) >= 11 is 0. The van der Waals surface area contributed by atoms with E-state index in [1.54, 1.807) is 37.3 Å². The highest BCUT2D eigenvalue weighted by Crippen LogP contribution is 2.33. The summed E-state index contributed by atoms with van der Waals surface area (Å²) in [6, 6.07) is 15.4. The highest BCUT2D eigenvalue weighted by molar-refractivity contribution is 5.98. The topological polar surface area (TPSA) is 90.6 Å². The van der Waals surface area contributed by atoms with Crippen LogP contribution < -0.4 is 19.7 Å². The van der Waals surface area contributed by atoms with E-state index >= 15 is 0 Å². The van der Waals surface area contributed by atoms with Crippen LogP contribution in [0.1, 0.15) is 19.3 Å². The van der Waals surface area contributed by atoms with Gasteiger partial charge in [0.2, 0.25) is 11.8 Å². The molecule has 2 aromatic heterocycles. The largest absolute Gasteiger partial charge is 0.493 e. The number of nitrogens with one attached hydrogen (secondary N) is 1. The number of anilines is 2. The molecule has 1 aliphatic heterocycles. The Kier molecular flexibility index (Phi) is 6.37. The second-order valence-corrected chi connectivity index (χ2v) is 8.80. The van der Waals surface area contributed by atoms with Crippen molar-refractivity contribution < 1.29 is 19.1 Å². The molecule has 0 bridgehead atoms. The van der Waals surface area contributed by atoms with Gasteiger partial charge in [-0.15, -0.1) is 0 Å². The van der Waals surface area contributed by atoms with Crippen molar-refractivity contribution in [1.29, 1.82) is 0 Å². The molecule has 0 saturated carbocycles. The number of carbonyl (C=O) groups is 2. The van der Waals surface area contributed by atoms with Gasteiger partial charge in [-0.25, -0.2) is 4.68 Å². The number of ether oxygens (including phenoxy) is 2. The summed E-state index contributed by atoms with van der Waals surface area (Å²) in [5, 5.41) is 8.82. The fraction of sp³-hybridized carbons (Fsp3) is 0.296. The number of nitrogens with zero attached hydrogens (tertiary/aromatic N) is 4. The van der Waals surface area contributed by atoms with Gasteiger partial charge >= 0.3 is 0 Å². The summed E-state index contributed by atoms with van der Waals surface area (Å²) in [5.74, 6) is 1.83. The molecule has 2 amide bonds. The van der Waals surface area contributed by atoms with E-state index in [0.29, 0.717) is 43.1 Å². The van der Waals surface area contributed by atoms with Gasteiger partial charge in [0.1, 0.15) is 5.82 Å². The molecule has 0 unspecified atom stereocenters. The van der Waals surface area contributed by atoms with Gasteiger partial charge in [-0.3, -0.25) is 14.5 Å². The van der Waals surface area contributed by atoms with Gasteiger partial charge in [-0.2, -0.15) is 5.10 Å². The van der Waals surface area contributed by atoms with Crippen LogP contribution in [0.25, 0.3) is 22.2 Å². The maximum absolute atomic E-state index is 12.8. The summed E-state index contributed by atoms with van der Waals surface area (Å²) in [5.41, 5.74) is 3.64. The van der Waals surface area contributed by atoms with Gasteiger partial charge in [-0.05, 0) is 24.6 Å². The Labute approximate surface area is 209 Å². The molecule has 0 atom stereocenters. The Bertz CT molecular complexity index is 1440. The van der Waals surface area contributed by atoms with Gasteiger partial charge in [0.05, 0.1) is 26.5 Å². The van der Waals surface area contributed by atoms with E-state index in [1.807, 2.05) is 29.9 Å². The summed E-state index contributed by atoms with van der Waals surface area (Å²) in [6.45, 7) is 0.994. The van der Waals surface area contributed by atoms with Crippen LogP contribution in [-0.4, -0.2) is 46.9 Å². The molecule has 1 N–H and O–H groups in total. The number of para-hydroxylation sites is 1. The maximum atomic E-state index is 12.8. The lowest BCUT2D eigenvalue weighted by Crippen LogP contribution is -2.38. The lowest BCUT2D eigenvalue weighted by Gasteiger charge is -2.27. The quantitative estimate of drug-likeness (QED) is 0.402. The molecule has 9 nitrogen and oxygen atoms in total. The summed E-state index contributed by atoms with van der Waals surface area (Å²) in [6.07, 6.45) is 3.27. The smallest absolute Gasteiger partial charge is 0.229 e. The highest BCUT2D eigenvalue weighted by atomic mass is 16.5. The number of benzene rings is 2. The third-order valence-corrected chi connectivity index (χ3v) is 6.50. The second-order valence-electron chi connectivity index (χ2n) is 8.80. The first-order chi connectivity index (χ1) is 17.5. The number of fused-ring (bicyclic) bond motifs is 2. The van der Waals surface area contributed by atoms with Crippen molar-refractivity contribution in [3.05, 3.63) is 54.7 Å². The summed E-state index contributed by atoms with van der Waals surface area (Å²) < 4.78 is 14.5. The van der Waals surface area contributed by atoms with E-state index in [9.17, 15) is 9.59 Å². The first-order valence-corrected chi connectivity index (χ1v) is 11.9. The molecule has 3 heterocycles. The van der Waals surface area contributed by atoms with Crippen molar-refractivity contribution in [3.8, 4) is 22.8 Å². The lowest BCUT2D eigenvalue weighted by molar-refractivity contribution is -0.120. The molecule has 0 aliphatic carbocycles. The molecule has 5 rings (SSSR count). The zero-order valence-electron chi connectivity index (χ0n) is 20.7. The molecular formula is C27H29N5O4. The van der Waals surface area contributed by atoms with Gasteiger partial charge in [0, 0.05) is 66.9 Å². The zero-order chi connectivity index (χ0) is 25.2. The van der Waals surface area contributed by atoms with Crippen LogP contribution in [0.2, 0.25) is 0 Å². The predicted octanol–water partition coefficient (Wildman–Crippen LogP) is 4.21. The molecule has 4 aromatic rings. The Morgan fingerprint density at radius 3 is 2.69 bits per heavy atom. The molecule has 36 heavy (non-hydrogen) atoms. The van der Waals surface area contributed by atoms with Crippen LogP contribution in [0, 0.1) is 0 Å². The lowest BCUT2D eigenvalue weighted by atomic mass is 10.1. The monoisotopic (exact) mass is 487 g/mol.